The van der Waals surface area contributed by atoms with Gasteiger partial charge in [-0.25, -0.2) is 0 Å². The number of hydrogen-bond acceptors (Lipinski definition) is 6. The maximum atomic E-state index is 11.3. The van der Waals surface area contributed by atoms with Crippen molar-refractivity contribution in [3.63, 3.8) is 0 Å². The summed E-state index contributed by atoms with van der Waals surface area (Å²) in [5.41, 5.74) is 10.8. The maximum absolute atomic E-state index is 11.3. The minimum absolute atomic E-state index is 0. The van der Waals surface area contributed by atoms with Gasteiger partial charge in [-0.15, -0.1) is 0 Å². The summed E-state index contributed by atoms with van der Waals surface area (Å²) in [6, 6.07) is -0.440. The number of unbranched alkanes of at least 4 members (excludes halogenated alkanes) is 6. The zero-order valence-corrected chi connectivity index (χ0v) is 20.1. The molecule has 1 atom stereocenters. The minimum atomic E-state index is -0.833. The van der Waals surface area contributed by atoms with Crippen molar-refractivity contribution in [1.29, 1.82) is 0 Å². The molecule has 0 aliphatic heterocycles. The summed E-state index contributed by atoms with van der Waals surface area (Å²) in [6.07, 6.45) is 9.20. The first-order valence-corrected chi connectivity index (χ1v) is 8.99. The minimum Gasteiger partial charge on any atom is -1.00 e. The van der Waals surface area contributed by atoms with Crippen molar-refractivity contribution in [2.45, 2.75) is 85.1 Å². The van der Waals surface area contributed by atoms with Crippen LogP contribution >= 0.6 is 0 Å². The van der Waals surface area contributed by atoms with Crippen molar-refractivity contribution < 1.29 is 65.5 Å². The molecule has 0 aliphatic carbocycles. The summed E-state index contributed by atoms with van der Waals surface area (Å²) in [5, 5.41) is 22.2. The van der Waals surface area contributed by atoms with Crippen LogP contribution in [0.2, 0.25) is 0 Å². The fraction of sp³-hybridized carbons (Fsp3) is 0.778. The van der Waals surface area contributed by atoms with Gasteiger partial charge in [0.1, 0.15) is 0 Å². The average Bonchev–Trinajstić information content (AvgIpc) is 2.51. The molecule has 0 aromatic carbocycles. The molecule has 0 rings (SSSR count). The Bertz CT molecular complexity index is 360. The Morgan fingerprint density at radius 3 is 1.36 bits per heavy atom. The van der Waals surface area contributed by atoms with E-state index in [0.29, 0.717) is 6.42 Å². The fourth-order valence-electron chi connectivity index (χ4n) is 1.57. The van der Waals surface area contributed by atoms with E-state index in [0.717, 1.165) is 33.6 Å². The van der Waals surface area contributed by atoms with Gasteiger partial charge >= 0.3 is 29.6 Å². The van der Waals surface area contributed by atoms with Crippen molar-refractivity contribution in [3.8, 4) is 0 Å². The average molecular weight is 419 g/mol. The van der Waals surface area contributed by atoms with Crippen molar-refractivity contribution >= 4 is 23.7 Å². The van der Waals surface area contributed by atoms with Crippen LogP contribution in [0.3, 0.4) is 0 Å². The molecule has 0 bridgehead atoms. The third-order valence-corrected chi connectivity index (χ3v) is 2.69. The van der Waals surface area contributed by atoms with E-state index in [1.165, 1.54) is 32.1 Å². The molecule has 9 nitrogen and oxygen atoms in total. The topological polar surface area (TPSA) is 181 Å². The molecule has 0 saturated heterocycles. The molecule has 0 fully saturated rings. The number of rotatable bonds is 10. The molecule has 7 N–H and O–H groups in total. The van der Waals surface area contributed by atoms with Crippen LogP contribution in [0.5, 0.6) is 0 Å². The Labute approximate surface area is 192 Å². The van der Waals surface area contributed by atoms with Crippen molar-refractivity contribution in [3.05, 3.63) is 0 Å². The van der Waals surface area contributed by atoms with Crippen LogP contribution in [0.4, 0.5) is 0 Å². The van der Waals surface area contributed by atoms with Gasteiger partial charge in [-0.2, -0.15) is 0 Å². The molecular formula is C18H39N2NaO7. The molecule has 1 unspecified atom stereocenters. The van der Waals surface area contributed by atoms with E-state index in [1.807, 2.05) is 0 Å². The fourth-order valence-corrected chi connectivity index (χ4v) is 1.57. The molecule has 164 valence electrons. The van der Waals surface area contributed by atoms with Gasteiger partial charge in [-0.3, -0.25) is 19.2 Å². The van der Waals surface area contributed by atoms with Gasteiger partial charge in [0.2, 0.25) is 0 Å². The third kappa shape index (κ3) is 73.5. The second-order valence-corrected chi connectivity index (χ2v) is 5.74. The summed E-state index contributed by atoms with van der Waals surface area (Å²) < 4.78 is 0. The first-order valence-electron chi connectivity index (χ1n) is 8.99. The molecule has 0 amide bonds. The Morgan fingerprint density at radius 1 is 0.786 bits per heavy atom. The summed E-state index contributed by atoms with van der Waals surface area (Å²) in [6.45, 7) is 5.74. The number of carbonyl (C=O) groups is 4. The Balaban J connectivity index is -0.0000000782. The number of aliphatic carboxylic acids is 3. The van der Waals surface area contributed by atoms with Crippen LogP contribution in [-0.4, -0.2) is 51.6 Å². The Kier molecular flexibility index (Phi) is 41.4. The third-order valence-electron chi connectivity index (χ3n) is 2.69. The van der Waals surface area contributed by atoms with E-state index < -0.39 is 23.9 Å². The second-order valence-electron chi connectivity index (χ2n) is 5.74. The quantitative estimate of drug-likeness (QED) is 0.228. The monoisotopic (exact) mass is 418 g/mol. The molecule has 0 aromatic heterocycles. The van der Waals surface area contributed by atoms with Crippen molar-refractivity contribution in [2.24, 2.45) is 11.5 Å². The second kappa shape index (κ2) is 30.7. The molecule has 10 heteroatoms. The number of carbonyl (C=O) groups excluding carboxylic acids is 1. The van der Waals surface area contributed by atoms with Crippen LogP contribution < -0.4 is 41.0 Å². The van der Waals surface area contributed by atoms with Gasteiger partial charge in [0.25, 0.3) is 17.9 Å². The summed E-state index contributed by atoms with van der Waals surface area (Å²) >= 11 is 0. The van der Waals surface area contributed by atoms with Crippen LogP contribution in [0.15, 0.2) is 0 Å². The van der Waals surface area contributed by atoms with E-state index in [1.54, 1.807) is 0 Å². The molecular weight excluding hydrogens is 379 g/mol. The number of ketones is 1. The first-order chi connectivity index (χ1) is 12.4. The summed E-state index contributed by atoms with van der Waals surface area (Å²) in [5.74, 6) is -2.38. The largest absolute Gasteiger partial charge is 1.00 e. The summed E-state index contributed by atoms with van der Waals surface area (Å²) in [4.78, 5) is 38.3. The maximum Gasteiger partial charge on any atom is 1.00 e. The van der Waals surface area contributed by atoms with Crippen molar-refractivity contribution in [1.82, 2.24) is 0 Å². The van der Waals surface area contributed by atoms with Crippen LogP contribution in [0.25, 0.3) is 0 Å². The molecule has 0 heterocycles. The number of nitrogens with two attached hydrogens (primary N) is 2. The SMILES string of the molecule is CC(=O)O.CC(=O)O.CC(=O)O.CCCCCCCCCC(=O)C(N)CN.[H-].[Na+]. The van der Waals surface area contributed by atoms with E-state index >= 15 is 0 Å². The Morgan fingerprint density at radius 2 is 1.07 bits per heavy atom. The normalized spacial score (nSPS) is 9.50. The molecule has 0 saturated carbocycles. The van der Waals surface area contributed by atoms with E-state index in [2.05, 4.69) is 6.92 Å². The van der Waals surface area contributed by atoms with E-state index in [-0.39, 0.29) is 43.3 Å². The molecule has 0 aliphatic rings. The molecule has 0 radical (unpaired) electrons. The van der Waals surface area contributed by atoms with Gasteiger partial charge in [0.15, 0.2) is 5.78 Å². The number of carboxylic acids is 3. The molecule has 0 aromatic rings. The van der Waals surface area contributed by atoms with E-state index in [4.69, 9.17) is 41.2 Å². The van der Waals surface area contributed by atoms with Gasteiger partial charge in [-0.1, -0.05) is 45.4 Å². The van der Waals surface area contributed by atoms with E-state index in [9.17, 15) is 4.79 Å². The number of Topliss-reactive ketones (excluding diaryl/α,β-unsaturated/α-hetero) is 1. The van der Waals surface area contributed by atoms with Gasteiger partial charge in [-0.05, 0) is 6.42 Å². The predicted molar refractivity (Wildman–Crippen MR) is 106 cm³/mol. The van der Waals surface area contributed by atoms with Crippen LogP contribution in [-0.2, 0) is 19.2 Å². The molecule has 28 heavy (non-hydrogen) atoms. The van der Waals surface area contributed by atoms with Crippen LogP contribution in [0.1, 0.15) is 80.5 Å². The number of hydrogen-bond donors (Lipinski definition) is 5. The number of carboxylic acid groups (broad SMARTS) is 3. The van der Waals surface area contributed by atoms with Gasteiger partial charge in [0, 0.05) is 33.7 Å². The Hall–Kier alpha value is -1.000. The zero-order valence-electron chi connectivity index (χ0n) is 19.1. The predicted octanol–water partition coefficient (Wildman–Crippen LogP) is -0.629. The molecule has 0 spiro atoms. The standard InChI is InChI=1S/C12H26N2O.3C2H4O2.Na.H/c1-2-3-4-5-6-7-8-9-12(15)11(14)10-13;3*1-2(3)4;;/h11H,2-10,13-14H2,1H3;3*1H3,(H,3,4);;/q;;;;+1;-1. The van der Waals surface area contributed by atoms with Crippen molar-refractivity contribution in [2.75, 3.05) is 6.54 Å². The first kappa shape index (κ1) is 37.7. The zero-order chi connectivity index (χ0) is 22.3. The van der Waals surface area contributed by atoms with Gasteiger partial charge in [0.05, 0.1) is 6.04 Å². The van der Waals surface area contributed by atoms with Gasteiger partial charge < -0.3 is 28.2 Å². The smallest absolute Gasteiger partial charge is 1.00 e. The summed E-state index contributed by atoms with van der Waals surface area (Å²) in [7, 11) is 0. The van der Waals surface area contributed by atoms with Crippen LogP contribution in [0, 0.1) is 0 Å².